The largest absolute Gasteiger partial charge is 0.489 e. The second-order valence-electron chi connectivity index (χ2n) is 4.03. The van der Waals surface area contributed by atoms with Crippen LogP contribution < -0.4 is 16.2 Å². The second-order valence-corrected chi connectivity index (χ2v) is 4.03. The van der Waals surface area contributed by atoms with Gasteiger partial charge >= 0.3 is 0 Å². The minimum atomic E-state index is -0.493. The molecule has 4 N–H and O–H groups in total. The molecule has 0 heterocycles. The molecule has 0 aromatic heterocycles. The third kappa shape index (κ3) is 3.22. The number of hydrogen-bond donors (Lipinski definition) is 2. The Balaban J connectivity index is 2.01. The summed E-state index contributed by atoms with van der Waals surface area (Å²) in [5.41, 5.74) is 11.7. The highest BCUT2D eigenvalue weighted by Gasteiger charge is 2.03. The van der Waals surface area contributed by atoms with Crippen LogP contribution >= 0.6 is 0 Å². The van der Waals surface area contributed by atoms with Gasteiger partial charge in [-0.25, -0.2) is 4.39 Å². The maximum Gasteiger partial charge on any atom is 0.248 e. The predicted molar refractivity (Wildman–Crippen MR) is 70.1 cm³/mol. The monoisotopic (exact) mass is 260 g/mol. The van der Waals surface area contributed by atoms with Crippen LogP contribution in [0.2, 0.25) is 0 Å². The molecule has 4 nitrogen and oxygen atoms in total. The number of amides is 1. The smallest absolute Gasteiger partial charge is 0.248 e. The van der Waals surface area contributed by atoms with Crippen molar-refractivity contribution < 1.29 is 13.9 Å². The molecule has 0 aliphatic heterocycles. The van der Waals surface area contributed by atoms with Crippen molar-refractivity contribution in [3.8, 4) is 5.75 Å². The maximum atomic E-state index is 13.2. The fraction of sp³-hybridized carbons (Fsp3) is 0.0714. The first kappa shape index (κ1) is 12.9. The van der Waals surface area contributed by atoms with Crippen LogP contribution in [-0.2, 0) is 6.61 Å². The lowest BCUT2D eigenvalue weighted by Gasteiger charge is -2.07. The third-order valence-corrected chi connectivity index (χ3v) is 2.61. The van der Waals surface area contributed by atoms with Gasteiger partial charge < -0.3 is 16.2 Å². The molecule has 98 valence electrons. The molecule has 0 spiro atoms. The summed E-state index contributed by atoms with van der Waals surface area (Å²) in [6, 6.07) is 10.9. The SMILES string of the molecule is NC(=O)c1ccc(OCc2ccc(N)c(F)c2)cc1. The Morgan fingerprint density at radius 2 is 1.84 bits per heavy atom. The van der Waals surface area contributed by atoms with Gasteiger partial charge in [-0.05, 0) is 42.0 Å². The number of halogens is 1. The lowest BCUT2D eigenvalue weighted by Crippen LogP contribution is -2.10. The van der Waals surface area contributed by atoms with Gasteiger partial charge in [0.05, 0.1) is 5.69 Å². The van der Waals surface area contributed by atoms with Crippen molar-refractivity contribution in [2.75, 3.05) is 5.73 Å². The van der Waals surface area contributed by atoms with E-state index in [1.165, 1.54) is 12.1 Å². The van der Waals surface area contributed by atoms with Crippen LogP contribution in [0.25, 0.3) is 0 Å². The number of benzene rings is 2. The summed E-state index contributed by atoms with van der Waals surface area (Å²) in [6.45, 7) is 0.215. The van der Waals surface area contributed by atoms with E-state index >= 15 is 0 Å². The molecule has 0 aliphatic rings. The Kier molecular flexibility index (Phi) is 3.66. The van der Waals surface area contributed by atoms with E-state index in [-0.39, 0.29) is 12.3 Å². The Hall–Kier alpha value is -2.56. The van der Waals surface area contributed by atoms with Crippen LogP contribution in [-0.4, -0.2) is 5.91 Å². The van der Waals surface area contributed by atoms with E-state index in [9.17, 15) is 9.18 Å². The van der Waals surface area contributed by atoms with E-state index in [1.54, 1.807) is 30.3 Å². The fourth-order valence-electron chi connectivity index (χ4n) is 1.54. The molecule has 2 aromatic rings. The summed E-state index contributed by atoms with van der Waals surface area (Å²) in [6.07, 6.45) is 0. The molecule has 0 aliphatic carbocycles. The Morgan fingerprint density at radius 3 is 2.42 bits per heavy atom. The molecular formula is C14H13FN2O2. The van der Waals surface area contributed by atoms with Gasteiger partial charge in [0, 0.05) is 5.56 Å². The zero-order chi connectivity index (χ0) is 13.8. The molecule has 0 fully saturated rings. The molecule has 1 amide bonds. The van der Waals surface area contributed by atoms with Crippen LogP contribution in [0.1, 0.15) is 15.9 Å². The zero-order valence-electron chi connectivity index (χ0n) is 10.1. The van der Waals surface area contributed by atoms with E-state index in [0.717, 1.165) is 0 Å². The van der Waals surface area contributed by atoms with Crippen molar-refractivity contribution in [2.24, 2.45) is 5.73 Å². The molecule has 5 heteroatoms. The van der Waals surface area contributed by atoms with Crippen molar-refractivity contribution in [3.05, 3.63) is 59.4 Å². The maximum absolute atomic E-state index is 13.2. The van der Waals surface area contributed by atoms with Gasteiger partial charge in [-0.15, -0.1) is 0 Å². The Labute approximate surface area is 109 Å². The van der Waals surface area contributed by atoms with Crippen LogP contribution in [0.4, 0.5) is 10.1 Å². The quantitative estimate of drug-likeness (QED) is 0.826. The van der Waals surface area contributed by atoms with Crippen molar-refractivity contribution in [3.63, 3.8) is 0 Å². The van der Waals surface area contributed by atoms with Crippen molar-refractivity contribution in [2.45, 2.75) is 6.61 Å². The number of anilines is 1. The Morgan fingerprint density at radius 1 is 1.16 bits per heavy atom. The number of nitrogen functional groups attached to an aromatic ring is 1. The molecule has 0 bridgehead atoms. The van der Waals surface area contributed by atoms with Crippen molar-refractivity contribution >= 4 is 11.6 Å². The van der Waals surface area contributed by atoms with E-state index < -0.39 is 11.7 Å². The Bertz CT molecular complexity index is 597. The van der Waals surface area contributed by atoms with Crippen LogP contribution in [0.5, 0.6) is 5.75 Å². The number of carbonyl (C=O) groups is 1. The standard InChI is InChI=1S/C14H13FN2O2/c15-12-7-9(1-6-13(12)16)8-19-11-4-2-10(3-5-11)14(17)18/h1-7H,8,16H2,(H2,17,18). The first-order valence-electron chi connectivity index (χ1n) is 5.63. The summed E-state index contributed by atoms with van der Waals surface area (Å²) in [5.74, 6) is -0.389. The molecule has 2 rings (SSSR count). The highest BCUT2D eigenvalue weighted by atomic mass is 19.1. The molecule has 2 aromatic carbocycles. The summed E-state index contributed by atoms with van der Waals surface area (Å²) in [7, 11) is 0. The summed E-state index contributed by atoms with van der Waals surface area (Å²) in [5, 5.41) is 0. The molecule has 0 unspecified atom stereocenters. The van der Waals surface area contributed by atoms with Crippen LogP contribution in [0.15, 0.2) is 42.5 Å². The number of hydrogen-bond acceptors (Lipinski definition) is 3. The first-order valence-corrected chi connectivity index (χ1v) is 5.63. The minimum absolute atomic E-state index is 0.106. The third-order valence-electron chi connectivity index (χ3n) is 2.61. The van der Waals surface area contributed by atoms with E-state index in [1.807, 2.05) is 0 Å². The number of carbonyl (C=O) groups excluding carboxylic acids is 1. The minimum Gasteiger partial charge on any atom is -0.489 e. The van der Waals surface area contributed by atoms with Gasteiger partial charge in [0.25, 0.3) is 0 Å². The molecular weight excluding hydrogens is 247 g/mol. The van der Waals surface area contributed by atoms with Gasteiger partial charge in [-0.2, -0.15) is 0 Å². The van der Waals surface area contributed by atoms with Crippen molar-refractivity contribution in [1.82, 2.24) is 0 Å². The zero-order valence-corrected chi connectivity index (χ0v) is 10.1. The predicted octanol–water partition coefficient (Wildman–Crippen LogP) is 2.09. The van der Waals surface area contributed by atoms with Crippen LogP contribution in [0, 0.1) is 5.82 Å². The average Bonchev–Trinajstić information content (AvgIpc) is 2.40. The molecule has 19 heavy (non-hydrogen) atoms. The first-order chi connectivity index (χ1) is 9.06. The van der Waals surface area contributed by atoms with E-state index in [2.05, 4.69) is 0 Å². The lowest BCUT2D eigenvalue weighted by molar-refractivity contribution is 0.100. The summed E-state index contributed by atoms with van der Waals surface area (Å²) >= 11 is 0. The van der Waals surface area contributed by atoms with Gasteiger partial charge in [0.2, 0.25) is 5.91 Å². The topological polar surface area (TPSA) is 78.3 Å². The van der Waals surface area contributed by atoms with Gasteiger partial charge in [-0.1, -0.05) is 6.07 Å². The lowest BCUT2D eigenvalue weighted by atomic mass is 10.2. The average molecular weight is 260 g/mol. The summed E-state index contributed by atoms with van der Waals surface area (Å²) < 4.78 is 18.7. The molecule has 0 saturated heterocycles. The number of rotatable bonds is 4. The highest BCUT2D eigenvalue weighted by Crippen LogP contribution is 2.16. The molecule has 0 atom stereocenters. The fourth-order valence-corrected chi connectivity index (χ4v) is 1.54. The van der Waals surface area contributed by atoms with Gasteiger partial charge in [0.1, 0.15) is 18.2 Å². The number of ether oxygens (including phenoxy) is 1. The normalized spacial score (nSPS) is 10.2. The summed E-state index contributed by atoms with van der Waals surface area (Å²) in [4.78, 5) is 10.9. The van der Waals surface area contributed by atoms with Gasteiger partial charge in [0.15, 0.2) is 0 Å². The van der Waals surface area contributed by atoms with Crippen LogP contribution in [0.3, 0.4) is 0 Å². The van der Waals surface area contributed by atoms with Gasteiger partial charge in [-0.3, -0.25) is 4.79 Å². The van der Waals surface area contributed by atoms with E-state index in [0.29, 0.717) is 16.9 Å². The number of nitrogens with two attached hydrogens (primary N) is 2. The molecule has 0 radical (unpaired) electrons. The number of primary amides is 1. The van der Waals surface area contributed by atoms with Crippen molar-refractivity contribution in [1.29, 1.82) is 0 Å². The molecule has 0 saturated carbocycles. The van der Waals surface area contributed by atoms with E-state index in [4.69, 9.17) is 16.2 Å². The second kappa shape index (κ2) is 5.39. The highest BCUT2D eigenvalue weighted by molar-refractivity contribution is 5.92.